The summed E-state index contributed by atoms with van der Waals surface area (Å²) in [7, 11) is 0. The number of aryl methyl sites for hydroxylation is 2. The van der Waals surface area contributed by atoms with Crippen LogP contribution in [0.2, 0.25) is 0 Å². The first kappa shape index (κ1) is 11.2. The number of aliphatic carboxylic acids is 1. The summed E-state index contributed by atoms with van der Waals surface area (Å²) in [6.07, 6.45) is -0.316. The van der Waals surface area contributed by atoms with Crippen LogP contribution in [-0.4, -0.2) is 16.0 Å². The van der Waals surface area contributed by atoms with Crippen molar-refractivity contribution in [3.8, 4) is 0 Å². The van der Waals surface area contributed by atoms with E-state index in [1.165, 1.54) is 0 Å². The molecule has 0 unspecified atom stereocenters. The topological polar surface area (TPSA) is 80.4 Å². The van der Waals surface area contributed by atoms with Gasteiger partial charge in [-0.2, -0.15) is 0 Å². The number of hydrogen-bond donors (Lipinski definition) is 1. The molecule has 0 radical (unpaired) electrons. The van der Waals surface area contributed by atoms with Gasteiger partial charge in [-0.25, -0.2) is 0 Å². The van der Waals surface area contributed by atoms with Crippen molar-refractivity contribution in [2.24, 2.45) is 0 Å². The molecule has 0 aliphatic carbocycles. The number of nitro groups is 1. The van der Waals surface area contributed by atoms with Crippen LogP contribution in [0.25, 0.3) is 0 Å². The molecule has 1 N–H and O–H groups in total. The van der Waals surface area contributed by atoms with E-state index in [0.29, 0.717) is 11.1 Å². The summed E-state index contributed by atoms with van der Waals surface area (Å²) in [5.74, 6) is -1.06. The van der Waals surface area contributed by atoms with Gasteiger partial charge in [0.15, 0.2) is 0 Å². The minimum Gasteiger partial charge on any atom is -0.481 e. The molecule has 0 spiro atoms. The highest BCUT2D eigenvalue weighted by Gasteiger charge is 2.20. The van der Waals surface area contributed by atoms with Gasteiger partial charge in [0.25, 0.3) is 5.69 Å². The second-order valence-corrected chi connectivity index (χ2v) is 3.35. The van der Waals surface area contributed by atoms with Crippen LogP contribution in [0.4, 0.5) is 5.69 Å². The Morgan fingerprint density at radius 2 is 1.93 bits per heavy atom. The van der Waals surface area contributed by atoms with E-state index in [-0.39, 0.29) is 17.7 Å². The number of benzene rings is 1. The van der Waals surface area contributed by atoms with E-state index in [1.807, 2.05) is 0 Å². The zero-order valence-electron chi connectivity index (χ0n) is 8.48. The van der Waals surface area contributed by atoms with E-state index in [9.17, 15) is 14.9 Å². The van der Waals surface area contributed by atoms with Crippen molar-refractivity contribution in [3.05, 3.63) is 38.9 Å². The molecule has 0 saturated heterocycles. The molecule has 5 heteroatoms. The maximum Gasteiger partial charge on any atom is 0.308 e. The van der Waals surface area contributed by atoms with Gasteiger partial charge in [0, 0.05) is 11.1 Å². The fourth-order valence-electron chi connectivity index (χ4n) is 1.48. The third-order valence-corrected chi connectivity index (χ3v) is 2.23. The molecule has 1 rings (SSSR count). The number of rotatable bonds is 3. The third kappa shape index (κ3) is 2.31. The average molecular weight is 209 g/mol. The summed E-state index contributed by atoms with van der Waals surface area (Å²) < 4.78 is 0. The Kier molecular flexibility index (Phi) is 3.04. The molecule has 0 amide bonds. The van der Waals surface area contributed by atoms with Gasteiger partial charge in [-0.15, -0.1) is 0 Å². The van der Waals surface area contributed by atoms with E-state index in [0.717, 1.165) is 0 Å². The van der Waals surface area contributed by atoms with Crippen molar-refractivity contribution in [2.45, 2.75) is 20.3 Å². The van der Waals surface area contributed by atoms with Crippen molar-refractivity contribution in [2.75, 3.05) is 0 Å². The van der Waals surface area contributed by atoms with Crippen molar-refractivity contribution >= 4 is 11.7 Å². The predicted molar refractivity (Wildman–Crippen MR) is 53.9 cm³/mol. The first-order valence-corrected chi connectivity index (χ1v) is 4.38. The summed E-state index contributed by atoms with van der Waals surface area (Å²) in [6.45, 7) is 3.27. The van der Waals surface area contributed by atoms with Gasteiger partial charge in [0.1, 0.15) is 0 Å². The largest absolute Gasteiger partial charge is 0.481 e. The first-order valence-electron chi connectivity index (χ1n) is 4.38. The van der Waals surface area contributed by atoms with Gasteiger partial charge in [-0.05, 0) is 19.4 Å². The molecule has 0 atom stereocenters. The highest BCUT2D eigenvalue weighted by Crippen LogP contribution is 2.26. The molecular weight excluding hydrogens is 198 g/mol. The summed E-state index contributed by atoms with van der Waals surface area (Å²) in [5.41, 5.74) is 1.32. The Bertz CT molecular complexity index is 426. The monoisotopic (exact) mass is 209 g/mol. The lowest BCUT2D eigenvalue weighted by Gasteiger charge is -2.06. The van der Waals surface area contributed by atoms with Crippen LogP contribution in [0.1, 0.15) is 16.7 Å². The van der Waals surface area contributed by atoms with Crippen LogP contribution in [0.15, 0.2) is 12.1 Å². The van der Waals surface area contributed by atoms with Gasteiger partial charge in [-0.1, -0.05) is 12.1 Å². The molecule has 0 fully saturated rings. The molecule has 1 aromatic rings. The second-order valence-electron chi connectivity index (χ2n) is 3.35. The Hall–Kier alpha value is -1.91. The van der Waals surface area contributed by atoms with Crippen LogP contribution in [-0.2, 0) is 11.2 Å². The van der Waals surface area contributed by atoms with Gasteiger partial charge in [0.05, 0.1) is 11.3 Å². The first-order chi connectivity index (χ1) is 6.93. The quantitative estimate of drug-likeness (QED) is 0.608. The smallest absolute Gasteiger partial charge is 0.308 e. The molecule has 0 aromatic heterocycles. The second kappa shape index (κ2) is 4.08. The lowest BCUT2D eigenvalue weighted by molar-refractivity contribution is -0.386. The number of carboxylic acid groups (broad SMARTS) is 1. The minimum absolute atomic E-state index is 0.0857. The summed E-state index contributed by atoms with van der Waals surface area (Å²) in [4.78, 5) is 20.8. The lowest BCUT2D eigenvalue weighted by atomic mass is 10.00. The normalized spacial score (nSPS) is 10.0. The summed E-state index contributed by atoms with van der Waals surface area (Å²) in [6, 6.07) is 3.32. The number of hydrogen-bond acceptors (Lipinski definition) is 3. The molecule has 15 heavy (non-hydrogen) atoms. The predicted octanol–water partition coefficient (Wildman–Crippen LogP) is 1.84. The van der Waals surface area contributed by atoms with E-state index < -0.39 is 10.9 Å². The molecule has 0 bridgehead atoms. The Balaban J connectivity index is 3.38. The molecular formula is C10H11NO4. The number of carbonyl (C=O) groups is 1. The van der Waals surface area contributed by atoms with E-state index in [2.05, 4.69) is 0 Å². The van der Waals surface area contributed by atoms with Crippen molar-refractivity contribution in [3.63, 3.8) is 0 Å². The highest BCUT2D eigenvalue weighted by atomic mass is 16.6. The number of nitro benzene ring substituents is 1. The third-order valence-electron chi connectivity index (χ3n) is 2.23. The standard InChI is InChI=1S/C10H11NO4/c1-6-3-4-7(2)10(11(14)15)8(6)5-9(12)13/h3-4H,5H2,1-2H3,(H,12,13). The van der Waals surface area contributed by atoms with Crippen molar-refractivity contribution < 1.29 is 14.8 Å². The molecule has 0 heterocycles. The van der Waals surface area contributed by atoms with Crippen LogP contribution < -0.4 is 0 Å². The molecule has 1 aromatic carbocycles. The van der Waals surface area contributed by atoms with Crippen molar-refractivity contribution in [1.29, 1.82) is 0 Å². The lowest BCUT2D eigenvalue weighted by Crippen LogP contribution is -2.07. The molecule has 80 valence electrons. The van der Waals surface area contributed by atoms with Crippen LogP contribution in [0, 0.1) is 24.0 Å². The van der Waals surface area contributed by atoms with Crippen molar-refractivity contribution in [1.82, 2.24) is 0 Å². The Morgan fingerprint density at radius 3 is 2.40 bits per heavy atom. The van der Waals surface area contributed by atoms with Gasteiger partial charge in [-0.3, -0.25) is 14.9 Å². The Morgan fingerprint density at radius 1 is 1.40 bits per heavy atom. The number of carboxylic acids is 1. The molecule has 0 aliphatic rings. The zero-order chi connectivity index (χ0) is 11.6. The Labute approximate surface area is 86.5 Å². The maximum atomic E-state index is 10.8. The fourth-order valence-corrected chi connectivity index (χ4v) is 1.48. The SMILES string of the molecule is Cc1ccc(C)c([N+](=O)[O-])c1CC(=O)O. The zero-order valence-corrected chi connectivity index (χ0v) is 8.48. The average Bonchev–Trinajstić information content (AvgIpc) is 2.10. The number of nitrogens with zero attached hydrogens (tertiary/aromatic N) is 1. The maximum absolute atomic E-state index is 10.8. The van der Waals surface area contributed by atoms with Gasteiger partial charge >= 0.3 is 5.97 Å². The van der Waals surface area contributed by atoms with Crippen LogP contribution in [0.3, 0.4) is 0 Å². The minimum atomic E-state index is -1.06. The highest BCUT2D eigenvalue weighted by molar-refractivity contribution is 5.73. The van der Waals surface area contributed by atoms with Gasteiger partial charge in [0.2, 0.25) is 0 Å². The van der Waals surface area contributed by atoms with Crippen LogP contribution in [0.5, 0.6) is 0 Å². The fraction of sp³-hybridized carbons (Fsp3) is 0.300. The van der Waals surface area contributed by atoms with E-state index in [4.69, 9.17) is 5.11 Å². The summed E-state index contributed by atoms with van der Waals surface area (Å²) in [5, 5.41) is 19.5. The van der Waals surface area contributed by atoms with E-state index >= 15 is 0 Å². The van der Waals surface area contributed by atoms with E-state index in [1.54, 1.807) is 26.0 Å². The molecule has 5 nitrogen and oxygen atoms in total. The van der Waals surface area contributed by atoms with Gasteiger partial charge < -0.3 is 5.11 Å². The molecule has 0 aliphatic heterocycles. The molecule has 0 saturated carbocycles. The van der Waals surface area contributed by atoms with Crippen LogP contribution >= 0.6 is 0 Å². The summed E-state index contributed by atoms with van der Waals surface area (Å²) >= 11 is 0.